The van der Waals surface area contributed by atoms with Crippen molar-refractivity contribution in [1.82, 2.24) is 5.32 Å². The highest BCUT2D eigenvalue weighted by Gasteiger charge is 2.08. The Morgan fingerprint density at radius 1 is 1.35 bits per heavy atom. The number of rotatable bonds is 9. The van der Waals surface area contributed by atoms with Crippen molar-refractivity contribution in [2.24, 2.45) is 0 Å². The number of nitrogen functional groups attached to an aromatic ring is 1. The second-order valence-corrected chi connectivity index (χ2v) is 5.48. The van der Waals surface area contributed by atoms with Crippen LogP contribution in [0.2, 0.25) is 0 Å². The molecule has 5 heteroatoms. The summed E-state index contributed by atoms with van der Waals surface area (Å²) in [5.74, 6) is 1.73. The van der Waals surface area contributed by atoms with E-state index in [2.05, 4.69) is 11.6 Å². The molecule has 0 aliphatic heterocycles. The standard InChI is InChI=1S/C15H24N2O2S/c1-3-19-14-8-7-12(11-13(14)16)15(18)17-9-5-4-6-10-20-2/h7-8,11H,3-6,9-10,16H2,1-2H3,(H,17,18). The van der Waals surface area contributed by atoms with E-state index in [1.165, 1.54) is 12.2 Å². The average molecular weight is 296 g/mol. The Morgan fingerprint density at radius 3 is 2.80 bits per heavy atom. The Labute approximate surface area is 125 Å². The average Bonchev–Trinajstić information content (AvgIpc) is 2.45. The normalized spacial score (nSPS) is 10.3. The quantitative estimate of drug-likeness (QED) is 0.543. The lowest BCUT2D eigenvalue weighted by Crippen LogP contribution is -2.24. The number of hydrogen-bond donors (Lipinski definition) is 2. The van der Waals surface area contributed by atoms with Crippen LogP contribution in [0.5, 0.6) is 5.75 Å². The number of carbonyl (C=O) groups is 1. The summed E-state index contributed by atoms with van der Waals surface area (Å²) >= 11 is 1.86. The molecule has 3 N–H and O–H groups in total. The van der Waals surface area contributed by atoms with Gasteiger partial charge in [0.2, 0.25) is 0 Å². The number of amides is 1. The third-order valence-electron chi connectivity index (χ3n) is 2.88. The van der Waals surface area contributed by atoms with Crippen LogP contribution in [0.1, 0.15) is 36.5 Å². The predicted molar refractivity (Wildman–Crippen MR) is 86.6 cm³/mol. The molecule has 0 aliphatic rings. The zero-order chi connectivity index (χ0) is 14.8. The Morgan fingerprint density at radius 2 is 2.15 bits per heavy atom. The number of nitrogens with two attached hydrogens (primary N) is 1. The lowest BCUT2D eigenvalue weighted by molar-refractivity contribution is 0.0953. The number of carbonyl (C=O) groups excluding carboxylic acids is 1. The number of hydrogen-bond acceptors (Lipinski definition) is 4. The second-order valence-electron chi connectivity index (χ2n) is 4.49. The molecule has 0 saturated carbocycles. The fourth-order valence-corrected chi connectivity index (χ4v) is 2.32. The van der Waals surface area contributed by atoms with E-state index >= 15 is 0 Å². The molecule has 0 unspecified atom stereocenters. The van der Waals surface area contributed by atoms with Gasteiger partial charge < -0.3 is 15.8 Å². The lowest BCUT2D eigenvalue weighted by atomic mass is 10.1. The van der Waals surface area contributed by atoms with Crippen molar-refractivity contribution < 1.29 is 9.53 Å². The maximum absolute atomic E-state index is 11.9. The maximum Gasteiger partial charge on any atom is 0.251 e. The third kappa shape index (κ3) is 5.74. The fraction of sp³-hybridized carbons (Fsp3) is 0.533. The summed E-state index contributed by atoms with van der Waals surface area (Å²) in [6.45, 7) is 3.17. The SMILES string of the molecule is CCOc1ccc(C(=O)NCCCCCSC)cc1N. The molecule has 0 aromatic heterocycles. The van der Waals surface area contributed by atoms with E-state index in [0.29, 0.717) is 30.2 Å². The Bertz CT molecular complexity index is 424. The van der Waals surface area contributed by atoms with Gasteiger partial charge in [0.15, 0.2) is 0 Å². The molecule has 0 spiro atoms. The van der Waals surface area contributed by atoms with Gasteiger partial charge in [-0.15, -0.1) is 0 Å². The van der Waals surface area contributed by atoms with E-state index in [4.69, 9.17) is 10.5 Å². The minimum Gasteiger partial charge on any atom is -0.492 e. The van der Waals surface area contributed by atoms with Crippen LogP contribution in [0.4, 0.5) is 5.69 Å². The van der Waals surface area contributed by atoms with Crippen LogP contribution in [-0.4, -0.2) is 31.1 Å². The Balaban J connectivity index is 2.38. The number of anilines is 1. The molecule has 4 nitrogen and oxygen atoms in total. The molecule has 0 fully saturated rings. The van der Waals surface area contributed by atoms with Crippen LogP contribution >= 0.6 is 11.8 Å². The summed E-state index contributed by atoms with van der Waals surface area (Å²) in [7, 11) is 0. The van der Waals surface area contributed by atoms with Crippen molar-refractivity contribution in [3.05, 3.63) is 23.8 Å². The summed E-state index contributed by atoms with van der Waals surface area (Å²) in [5, 5.41) is 2.91. The molecule has 1 aromatic rings. The Kier molecular flexibility index (Phi) is 7.95. The van der Waals surface area contributed by atoms with E-state index in [1.54, 1.807) is 18.2 Å². The summed E-state index contributed by atoms with van der Waals surface area (Å²) in [6.07, 6.45) is 5.47. The zero-order valence-corrected chi connectivity index (χ0v) is 13.1. The molecule has 20 heavy (non-hydrogen) atoms. The van der Waals surface area contributed by atoms with Crippen molar-refractivity contribution in [2.45, 2.75) is 26.2 Å². The first-order chi connectivity index (χ1) is 9.69. The number of unbranched alkanes of at least 4 members (excludes halogenated alkanes) is 2. The van der Waals surface area contributed by atoms with Crippen molar-refractivity contribution in [3.8, 4) is 5.75 Å². The van der Waals surface area contributed by atoms with Gasteiger partial charge >= 0.3 is 0 Å². The minimum absolute atomic E-state index is 0.0791. The van der Waals surface area contributed by atoms with Crippen molar-refractivity contribution >= 4 is 23.4 Å². The first kappa shape index (κ1) is 16.7. The molecule has 0 aliphatic carbocycles. The van der Waals surface area contributed by atoms with Gasteiger partial charge in [0.25, 0.3) is 5.91 Å². The first-order valence-electron chi connectivity index (χ1n) is 6.98. The van der Waals surface area contributed by atoms with Gasteiger partial charge in [-0.05, 0) is 50.0 Å². The van der Waals surface area contributed by atoms with Crippen molar-refractivity contribution in [3.63, 3.8) is 0 Å². The highest BCUT2D eigenvalue weighted by Crippen LogP contribution is 2.22. The van der Waals surface area contributed by atoms with Crippen LogP contribution in [0.3, 0.4) is 0 Å². The molecule has 1 amide bonds. The van der Waals surface area contributed by atoms with Gasteiger partial charge in [-0.1, -0.05) is 6.42 Å². The highest BCUT2D eigenvalue weighted by atomic mass is 32.2. The molecule has 0 bridgehead atoms. The van der Waals surface area contributed by atoms with Crippen LogP contribution < -0.4 is 15.8 Å². The Hall–Kier alpha value is -1.36. The molecule has 1 rings (SSSR count). The fourth-order valence-electron chi connectivity index (χ4n) is 1.83. The van der Waals surface area contributed by atoms with Gasteiger partial charge in [0.05, 0.1) is 12.3 Å². The molecule has 1 aromatic carbocycles. The first-order valence-corrected chi connectivity index (χ1v) is 8.38. The second kappa shape index (κ2) is 9.53. The molecular formula is C15H24N2O2S. The lowest BCUT2D eigenvalue weighted by Gasteiger charge is -2.09. The van der Waals surface area contributed by atoms with Crippen LogP contribution in [-0.2, 0) is 0 Å². The third-order valence-corrected chi connectivity index (χ3v) is 3.58. The van der Waals surface area contributed by atoms with Crippen molar-refractivity contribution in [2.75, 3.05) is 30.9 Å². The van der Waals surface area contributed by atoms with Crippen LogP contribution in [0.15, 0.2) is 18.2 Å². The topological polar surface area (TPSA) is 64.3 Å². The van der Waals surface area contributed by atoms with Crippen molar-refractivity contribution in [1.29, 1.82) is 0 Å². The summed E-state index contributed by atoms with van der Waals surface area (Å²) in [6, 6.07) is 5.14. The number of ether oxygens (including phenoxy) is 1. The minimum atomic E-state index is -0.0791. The van der Waals surface area contributed by atoms with Gasteiger partial charge in [0, 0.05) is 12.1 Å². The molecule has 0 heterocycles. The van der Waals surface area contributed by atoms with Gasteiger partial charge in [-0.2, -0.15) is 11.8 Å². The predicted octanol–water partition coefficient (Wildman–Crippen LogP) is 2.93. The molecular weight excluding hydrogens is 272 g/mol. The van der Waals surface area contributed by atoms with Gasteiger partial charge in [0.1, 0.15) is 5.75 Å². The van der Waals surface area contributed by atoms with E-state index < -0.39 is 0 Å². The van der Waals surface area contributed by atoms with Crippen LogP contribution in [0.25, 0.3) is 0 Å². The van der Waals surface area contributed by atoms with Crippen LogP contribution in [0, 0.1) is 0 Å². The molecule has 0 atom stereocenters. The number of nitrogens with one attached hydrogen (secondary N) is 1. The summed E-state index contributed by atoms with van der Waals surface area (Å²) in [5.41, 5.74) is 6.93. The number of thioether (sulfide) groups is 1. The van der Waals surface area contributed by atoms with E-state index in [9.17, 15) is 4.79 Å². The maximum atomic E-state index is 11.9. The van der Waals surface area contributed by atoms with E-state index in [0.717, 1.165) is 12.8 Å². The van der Waals surface area contributed by atoms with E-state index in [1.807, 2.05) is 18.7 Å². The largest absolute Gasteiger partial charge is 0.492 e. The monoisotopic (exact) mass is 296 g/mol. The highest BCUT2D eigenvalue weighted by molar-refractivity contribution is 7.98. The summed E-state index contributed by atoms with van der Waals surface area (Å²) < 4.78 is 5.35. The summed E-state index contributed by atoms with van der Waals surface area (Å²) in [4.78, 5) is 11.9. The molecule has 112 valence electrons. The molecule has 0 radical (unpaired) electrons. The van der Waals surface area contributed by atoms with Gasteiger partial charge in [-0.3, -0.25) is 4.79 Å². The van der Waals surface area contributed by atoms with Gasteiger partial charge in [-0.25, -0.2) is 0 Å². The molecule has 0 saturated heterocycles. The zero-order valence-electron chi connectivity index (χ0n) is 12.3. The smallest absolute Gasteiger partial charge is 0.251 e. The number of benzene rings is 1. The van der Waals surface area contributed by atoms with E-state index in [-0.39, 0.29) is 5.91 Å².